The minimum Gasteiger partial charge on any atom is -0.375 e. The van der Waals surface area contributed by atoms with Crippen molar-refractivity contribution in [1.29, 1.82) is 0 Å². The molecule has 2 N–H and O–H groups in total. The van der Waals surface area contributed by atoms with E-state index in [1.54, 1.807) is 4.90 Å². The minimum atomic E-state index is -1.02. The molecule has 104 valence electrons. The number of nitrogens with two attached hydrogens (primary N) is 1. The lowest BCUT2D eigenvalue weighted by Gasteiger charge is -2.26. The molecule has 1 amide bonds. The molecule has 0 bridgehead atoms. The van der Waals surface area contributed by atoms with Crippen molar-refractivity contribution in [2.24, 2.45) is 0 Å². The fourth-order valence-corrected chi connectivity index (χ4v) is 3.09. The van der Waals surface area contributed by atoms with Crippen LogP contribution in [-0.2, 0) is 13.0 Å². The van der Waals surface area contributed by atoms with Crippen molar-refractivity contribution in [3.63, 3.8) is 0 Å². The van der Waals surface area contributed by atoms with Gasteiger partial charge in [-0.2, -0.15) is 0 Å². The Balaban J connectivity index is 1.83. The first-order valence-electron chi connectivity index (χ1n) is 6.03. The number of hydrogen-bond donors (Lipinski definition) is 1. The number of aromatic nitrogens is 1. The van der Waals surface area contributed by atoms with Crippen LogP contribution in [0.4, 0.5) is 13.9 Å². The molecule has 0 saturated carbocycles. The van der Waals surface area contributed by atoms with E-state index in [-0.39, 0.29) is 11.5 Å². The van der Waals surface area contributed by atoms with E-state index >= 15 is 0 Å². The summed E-state index contributed by atoms with van der Waals surface area (Å²) in [6.07, 6.45) is 0.623. The molecule has 1 aromatic heterocycles. The van der Waals surface area contributed by atoms with Gasteiger partial charge in [0.15, 0.2) is 16.8 Å². The number of rotatable bonds is 1. The Bertz CT molecular complexity index is 686. The van der Waals surface area contributed by atoms with Gasteiger partial charge in [0.05, 0.1) is 12.2 Å². The second-order valence-corrected chi connectivity index (χ2v) is 5.64. The summed E-state index contributed by atoms with van der Waals surface area (Å²) >= 11 is 1.35. The number of thiazole rings is 1. The van der Waals surface area contributed by atoms with Gasteiger partial charge in [-0.25, -0.2) is 13.8 Å². The van der Waals surface area contributed by atoms with Gasteiger partial charge in [-0.3, -0.25) is 4.79 Å². The second-order valence-electron chi connectivity index (χ2n) is 4.53. The molecule has 2 aromatic rings. The molecule has 1 aliphatic heterocycles. The summed E-state index contributed by atoms with van der Waals surface area (Å²) in [5.41, 5.74) is 6.70. The highest BCUT2D eigenvalue weighted by Crippen LogP contribution is 2.27. The molecule has 0 unspecified atom stereocenters. The summed E-state index contributed by atoms with van der Waals surface area (Å²) in [4.78, 5) is 19.0. The topological polar surface area (TPSA) is 59.2 Å². The van der Waals surface area contributed by atoms with Gasteiger partial charge >= 0.3 is 0 Å². The molecule has 2 heterocycles. The molecule has 0 fully saturated rings. The smallest absolute Gasteiger partial charge is 0.254 e. The number of nitrogen functional groups attached to an aromatic ring is 1. The van der Waals surface area contributed by atoms with Crippen LogP contribution in [-0.4, -0.2) is 22.3 Å². The summed E-state index contributed by atoms with van der Waals surface area (Å²) < 4.78 is 26.1. The van der Waals surface area contributed by atoms with E-state index in [1.165, 1.54) is 17.4 Å². The number of hydrogen-bond acceptors (Lipinski definition) is 4. The maximum absolute atomic E-state index is 13.2. The summed E-state index contributed by atoms with van der Waals surface area (Å²) in [6.45, 7) is 0.899. The maximum Gasteiger partial charge on any atom is 0.254 e. The van der Waals surface area contributed by atoms with Gasteiger partial charge in [-0.15, -0.1) is 11.3 Å². The van der Waals surface area contributed by atoms with Crippen molar-refractivity contribution in [2.75, 3.05) is 12.3 Å². The molecular weight excluding hydrogens is 284 g/mol. The van der Waals surface area contributed by atoms with E-state index in [0.717, 1.165) is 22.7 Å². The molecule has 7 heteroatoms. The van der Waals surface area contributed by atoms with Gasteiger partial charge in [-0.1, -0.05) is 0 Å². The molecule has 0 aliphatic carbocycles. The van der Waals surface area contributed by atoms with Crippen LogP contribution >= 0.6 is 11.3 Å². The number of anilines is 1. The average Bonchev–Trinajstić information content (AvgIpc) is 2.80. The third-order valence-corrected chi connectivity index (χ3v) is 4.11. The van der Waals surface area contributed by atoms with Crippen LogP contribution in [0.2, 0.25) is 0 Å². The lowest BCUT2D eigenvalue weighted by atomic mass is 10.1. The Morgan fingerprint density at radius 3 is 2.90 bits per heavy atom. The minimum absolute atomic E-state index is 0.143. The van der Waals surface area contributed by atoms with Gasteiger partial charge in [-0.05, 0) is 18.2 Å². The van der Waals surface area contributed by atoms with Gasteiger partial charge in [0.25, 0.3) is 5.91 Å². The molecule has 0 spiro atoms. The zero-order chi connectivity index (χ0) is 14.3. The Hall–Kier alpha value is -2.02. The fraction of sp³-hybridized carbons (Fsp3) is 0.231. The zero-order valence-electron chi connectivity index (χ0n) is 10.4. The SMILES string of the molecule is Nc1nc2c(s1)CN(C(=O)c1ccc(F)c(F)c1)CC2. The predicted molar refractivity (Wildman–Crippen MR) is 71.3 cm³/mol. The quantitative estimate of drug-likeness (QED) is 0.877. The average molecular weight is 295 g/mol. The highest BCUT2D eigenvalue weighted by Gasteiger charge is 2.25. The first kappa shape index (κ1) is 13.0. The number of carbonyl (C=O) groups excluding carboxylic acids is 1. The van der Waals surface area contributed by atoms with Crippen molar-refractivity contribution in [2.45, 2.75) is 13.0 Å². The zero-order valence-corrected chi connectivity index (χ0v) is 11.2. The Morgan fingerprint density at radius 2 is 2.15 bits per heavy atom. The molecular formula is C13H11F2N3OS. The normalized spacial score (nSPS) is 14.2. The number of carbonyl (C=O) groups is 1. The van der Waals surface area contributed by atoms with Crippen LogP contribution in [0, 0.1) is 11.6 Å². The van der Waals surface area contributed by atoms with Gasteiger partial charge in [0.2, 0.25) is 0 Å². The number of fused-ring (bicyclic) bond motifs is 1. The highest BCUT2D eigenvalue weighted by atomic mass is 32.1. The van der Waals surface area contributed by atoms with Crippen molar-refractivity contribution in [1.82, 2.24) is 9.88 Å². The summed E-state index contributed by atoms with van der Waals surface area (Å²) in [6, 6.07) is 3.17. The lowest BCUT2D eigenvalue weighted by Crippen LogP contribution is -2.35. The molecule has 0 atom stereocenters. The maximum atomic E-state index is 13.2. The van der Waals surface area contributed by atoms with Crippen molar-refractivity contribution >= 4 is 22.4 Å². The fourth-order valence-electron chi connectivity index (χ4n) is 2.20. The molecule has 1 aliphatic rings. The number of halogens is 2. The standard InChI is InChI=1S/C13H11F2N3OS/c14-8-2-1-7(5-9(8)15)12(19)18-4-3-10-11(6-18)20-13(16)17-10/h1-2,5H,3-4,6H2,(H2,16,17). The van der Waals surface area contributed by atoms with E-state index in [9.17, 15) is 13.6 Å². The molecule has 0 saturated heterocycles. The van der Waals surface area contributed by atoms with Crippen molar-refractivity contribution < 1.29 is 13.6 Å². The van der Waals surface area contributed by atoms with E-state index in [4.69, 9.17) is 5.73 Å². The first-order chi connectivity index (χ1) is 9.54. The monoisotopic (exact) mass is 295 g/mol. The van der Waals surface area contributed by atoms with Crippen LogP contribution < -0.4 is 5.73 Å². The number of benzene rings is 1. The predicted octanol–water partition coefficient (Wildman–Crippen LogP) is 2.20. The highest BCUT2D eigenvalue weighted by molar-refractivity contribution is 7.15. The van der Waals surface area contributed by atoms with Crippen LogP contribution in [0.3, 0.4) is 0 Å². The molecule has 4 nitrogen and oxygen atoms in total. The molecule has 3 rings (SSSR count). The Morgan fingerprint density at radius 1 is 1.35 bits per heavy atom. The van der Waals surface area contributed by atoms with Crippen molar-refractivity contribution in [3.05, 3.63) is 46.0 Å². The summed E-state index contributed by atoms with van der Waals surface area (Å²) in [5, 5.41) is 0.483. The summed E-state index contributed by atoms with van der Waals surface area (Å²) in [5.74, 6) is -2.30. The van der Waals surface area contributed by atoms with Crippen molar-refractivity contribution in [3.8, 4) is 0 Å². The lowest BCUT2D eigenvalue weighted by molar-refractivity contribution is 0.0735. The van der Waals surface area contributed by atoms with Crippen LogP contribution in [0.25, 0.3) is 0 Å². The largest absolute Gasteiger partial charge is 0.375 e. The van der Waals surface area contributed by atoms with Gasteiger partial charge in [0.1, 0.15) is 0 Å². The molecule has 0 radical (unpaired) electrons. The third-order valence-electron chi connectivity index (χ3n) is 3.20. The van der Waals surface area contributed by atoms with Gasteiger partial charge in [0, 0.05) is 23.4 Å². The van der Waals surface area contributed by atoms with E-state index < -0.39 is 11.6 Å². The van der Waals surface area contributed by atoms with Crippen LogP contribution in [0.5, 0.6) is 0 Å². The molecule has 20 heavy (non-hydrogen) atoms. The van der Waals surface area contributed by atoms with E-state index in [2.05, 4.69) is 4.98 Å². The van der Waals surface area contributed by atoms with E-state index in [1.807, 2.05) is 0 Å². The Kier molecular flexibility index (Phi) is 3.13. The molecule has 1 aromatic carbocycles. The number of nitrogens with zero attached hydrogens (tertiary/aromatic N) is 2. The van der Waals surface area contributed by atoms with E-state index in [0.29, 0.717) is 24.6 Å². The first-order valence-corrected chi connectivity index (χ1v) is 6.84. The van der Waals surface area contributed by atoms with Crippen LogP contribution in [0.1, 0.15) is 20.9 Å². The Labute approximate surface area is 117 Å². The second kappa shape index (κ2) is 4.82. The number of amides is 1. The van der Waals surface area contributed by atoms with Gasteiger partial charge < -0.3 is 10.6 Å². The third kappa shape index (κ3) is 2.24. The summed E-state index contributed by atoms with van der Waals surface area (Å²) in [7, 11) is 0. The van der Waals surface area contributed by atoms with Crippen LogP contribution in [0.15, 0.2) is 18.2 Å².